The van der Waals surface area contributed by atoms with E-state index in [0.29, 0.717) is 11.5 Å². The van der Waals surface area contributed by atoms with Crippen molar-refractivity contribution >= 4 is 28.9 Å². The Bertz CT molecular complexity index is 388. The number of rotatable bonds is 2. The fraction of sp³-hybridized carbons (Fsp3) is 0.538. The minimum atomic E-state index is 0.447. The van der Waals surface area contributed by atoms with Gasteiger partial charge in [0.2, 0.25) is 0 Å². The molecule has 1 unspecified atom stereocenters. The zero-order chi connectivity index (χ0) is 11.8. The van der Waals surface area contributed by atoms with Crippen LogP contribution in [0.25, 0.3) is 0 Å². The third kappa shape index (κ3) is 2.83. The molecule has 0 spiro atoms. The average molecular weight is 258 g/mol. The summed E-state index contributed by atoms with van der Waals surface area (Å²) in [5, 5.41) is 4.96. The fourth-order valence-corrected chi connectivity index (χ4v) is 2.73. The van der Waals surface area contributed by atoms with Crippen molar-refractivity contribution in [3.63, 3.8) is 0 Å². The van der Waals surface area contributed by atoms with Gasteiger partial charge in [-0.05, 0) is 42.9 Å². The molecule has 1 N–H and O–H groups in total. The zero-order valence-corrected chi connectivity index (χ0v) is 11.2. The van der Waals surface area contributed by atoms with Crippen LogP contribution in [-0.4, -0.2) is 6.04 Å². The Balaban J connectivity index is 2.07. The van der Waals surface area contributed by atoms with E-state index in [1.807, 2.05) is 18.2 Å². The highest BCUT2D eigenvalue weighted by molar-refractivity contribution is 6.35. The molecule has 1 aromatic carbocycles. The SMILES string of the molecule is CC1(C)CCC(Nc2cc(Cl)ccc2Cl)C1. The van der Waals surface area contributed by atoms with Gasteiger partial charge in [0.1, 0.15) is 0 Å². The molecule has 0 amide bonds. The Morgan fingerprint density at radius 3 is 2.69 bits per heavy atom. The van der Waals surface area contributed by atoms with E-state index in [0.717, 1.165) is 15.7 Å². The quantitative estimate of drug-likeness (QED) is 0.788. The van der Waals surface area contributed by atoms with Crippen molar-refractivity contribution in [2.45, 2.75) is 39.2 Å². The summed E-state index contributed by atoms with van der Waals surface area (Å²) in [6, 6.07) is 6.07. The van der Waals surface area contributed by atoms with Crippen LogP contribution >= 0.6 is 23.2 Å². The van der Waals surface area contributed by atoms with Crippen LogP contribution in [0.15, 0.2) is 18.2 Å². The monoisotopic (exact) mass is 257 g/mol. The van der Waals surface area contributed by atoms with E-state index in [4.69, 9.17) is 23.2 Å². The molecular weight excluding hydrogens is 241 g/mol. The van der Waals surface area contributed by atoms with Crippen LogP contribution in [-0.2, 0) is 0 Å². The summed E-state index contributed by atoms with van der Waals surface area (Å²) in [5.41, 5.74) is 1.40. The van der Waals surface area contributed by atoms with Crippen LogP contribution in [0.3, 0.4) is 0 Å². The molecule has 88 valence electrons. The van der Waals surface area contributed by atoms with Crippen molar-refractivity contribution in [3.8, 4) is 0 Å². The Labute approximate surface area is 107 Å². The lowest BCUT2D eigenvalue weighted by Gasteiger charge is -2.19. The highest BCUT2D eigenvalue weighted by Gasteiger charge is 2.30. The first-order valence-electron chi connectivity index (χ1n) is 5.68. The molecule has 0 saturated heterocycles. The molecule has 0 radical (unpaired) electrons. The van der Waals surface area contributed by atoms with E-state index < -0.39 is 0 Å². The van der Waals surface area contributed by atoms with E-state index in [2.05, 4.69) is 19.2 Å². The van der Waals surface area contributed by atoms with E-state index in [1.54, 1.807) is 0 Å². The maximum Gasteiger partial charge on any atom is 0.0638 e. The molecule has 0 aromatic heterocycles. The first kappa shape index (κ1) is 12.1. The molecule has 1 saturated carbocycles. The number of hydrogen-bond acceptors (Lipinski definition) is 1. The lowest BCUT2D eigenvalue weighted by atomic mass is 9.92. The number of benzene rings is 1. The van der Waals surface area contributed by atoms with Gasteiger partial charge < -0.3 is 5.32 Å². The van der Waals surface area contributed by atoms with Crippen LogP contribution < -0.4 is 5.32 Å². The van der Waals surface area contributed by atoms with Gasteiger partial charge >= 0.3 is 0 Å². The van der Waals surface area contributed by atoms with Crippen molar-refractivity contribution in [2.24, 2.45) is 5.41 Å². The summed E-state index contributed by atoms with van der Waals surface area (Å²) < 4.78 is 0. The fourth-order valence-electron chi connectivity index (χ4n) is 2.39. The van der Waals surface area contributed by atoms with Gasteiger partial charge in [0, 0.05) is 11.1 Å². The van der Waals surface area contributed by atoms with Gasteiger partial charge in [-0.25, -0.2) is 0 Å². The number of halogens is 2. The standard InChI is InChI=1S/C13H17Cl2N/c1-13(2)6-5-10(8-13)16-12-7-9(14)3-4-11(12)15/h3-4,7,10,16H,5-6,8H2,1-2H3. The van der Waals surface area contributed by atoms with Crippen molar-refractivity contribution in [2.75, 3.05) is 5.32 Å². The van der Waals surface area contributed by atoms with Crippen LogP contribution in [0.2, 0.25) is 10.0 Å². The summed E-state index contributed by atoms with van der Waals surface area (Å²) in [5.74, 6) is 0. The van der Waals surface area contributed by atoms with Crippen molar-refractivity contribution in [1.82, 2.24) is 0 Å². The topological polar surface area (TPSA) is 12.0 Å². The van der Waals surface area contributed by atoms with Gasteiger partial charge in [0.25, 0.3) is 0 Å². The van der Waals surface area contributed by atoms with E-state index in [9.17, 15) is 0 Å². The Hall–Kier alpha value is -0.400. The van der Waals surface area contributed by atoms with Crippen LogP contribution in [0, 0.1) is 5.41 Å². The van der Waals surface area contributed by atoms with Crippen LogP contribution in [0.1, 0.15) is 33.1 Å². The predicted molar refractivity (Wildman–Crippen MR) is 71.5 cm³/mol. The molecule has 1 fully saturated rings. The van der Waals surface area contributed by atoms with Gasteiger partial charge in [-0.1, -0.05) is 37.0 Å². The van der Waals surface area contributed by atoms with Gasteiger partial charge in [-0.2, -0.15) is 0 Å². The second-order valence-corrected chi connectivity index (χ2v) is 6.22. The van der Waals surface area contributed by atoms with E-state index >= 15 is 0 Å². The van der Waals surface area contributed by atoms with Gasteiger partial charge in [0.05, 0.1) is 10.7 Å². The third-order valence-corrected chi connectivity index (χ3v) is 3.82. The van der Waals surface area contributed by atoms with Crippen molar-refractivity contribution in [3.05, 3.63) is 28.2 Å². The molecule has 2 rings (SSSR count). The van der Waals surface area contributed by atoms with Gasteiger partial charge in [-0.3, -0.25) is 0 Å². The highest BCUT2D eigenvalue weighted by Crippen LogP contribution is 2.39. The third-order valence-electron chi connectivity index (χ3n) is 3.26. The summed E-state index contributed by atoms with van der Waals surface area (Å²) in [7, 11) is 0. The largest absolute Gasteiger partial charge is 0.381 e. The Morgan fingerprint density at radius 1 is 1.31 bits per heavy atom. The molecule has 0 heterocycles. The van der Waals surface area contributed by atoms with Crippen LogP contribution in [0.5, 0.6) is 0 Å². The molecule has 3 heteroatoms. The molecule has 0 bridgehead atoms. The van der Waals surface area contributed by atoms with E-state index in [-0.39, 0.29) is 0 Å². The summed E-state index contributed by atoms with van der Waals surface area (Å²) in [6.45, 7) is 4.63. The smallest absolute Gasteiger partial charge is 0.0638 e. The predicted octanol–water partition coefficient (Wildman–Crippen LogP) is 4.98. The van der Waals surface area contributed by atoms with Gasteiger partial charge in [0.15, 0.2) is 0 Å². The molecule has 1 atom stereocenters. The summed E-state index contributed by atoms with van der Waals surface area (Å²) in [6.07, 6.45) is 3.66. The minimum Gasteiger partial charge on any atom is -0.381 e. The van der Waals surface area contributed by atoms with Crippen molar-refractivity contribution in [1.29, 1.82) is 0 Å². The molecule has 1 aliphatic rings. The zero-order valence-electron chi connectivity index (χ0n) is 9.69. The number of nitrogens with one attached hydrogen (secondary N) is 1. The van der Waals surface area contributed by atoms with Crippen molar-refractivity contribution < 1.29 is 0 Å². The Kier molecular flexibility index (Phi) is 3.37. The summed E-state index contributed by atoms with van der Waals surface area (Å²) in [4.78, 5) is 0. The molecule has 0 aliphatic heterocycles. The first-order chi connectivity index (χ1) is 7.46. The average Bonchev–Trinajstić information content (AvgIpc) is 2.52. The second-order valence-electron chi connectivity index (χ2n) is 5.37. The maximum absolute atomic E-state index is 6.12. The minimum absolute atomic E-state index is 0.447. The van der Waals surface area contributed by atoms with Gasteiger partial charge in [-0.15, -0.1) is 0 Å². The molecule has 1 aliphatic carbocycles. The number of hydrogen-bond donors (Lipinski definition) is 1. The lowest BCUT2D eigenvalue weighted by Crippen LogP contribution is -2.17. The first-order valence-corrected chi connectivity index (χ1v) is 6.43. The second kappa shape index (κ2) is 4.46. The van der Waals surface area contributed by atoms with Crippen LogP contribution in [0.4, 0.5) is 5.69 Å². The maximum atomic E-state index is 6.12. The Morgan fingerprint density at radius 2 is 2.06 bits per heavy atom. The lowest BCUT2D eigenvalue weighted by molar-refractivity contribution is 0.378. The normalized spacial score (nSPS) is 23.4. The molecule has 16 heavy (non-hydrogen) atoms. The van der Waals surface area contributed by atoms with E-state index in [1.165, 1.54) is 19.3 Å². The number of anilines is 1. The highest BCUT2D eigenvalue weighted by atomic mass is 35.5. The molecule has 1 nitrogen and oxygen atoms in total. The summed E-state index contributed by atoms with van der Waals surface area (Å²) >= 11 is 12.1. The molecular formula is C13H17Cl2N. The molecule has 1 aromatic rings.